The number of hydrogen-bond donors (Lipinski definition) is 1. The predicted molar refractivity (Wildman–Crippen MR) is 87.5 cm³/mol. The summed E-state index contributed by atoms with van der Waals surface area (Å²) in [5.74, 6) is 1.50. The van der Waals surface area contributed by atoms with Crippen LogP contribution in [-0.4, -0.2) is 18.1 Å². The Morgan fingerprint density at radius 2 is 1.86 bits per heavy atom. The number of aromatic nitrogens is 1. The third kappa shape index (κ3) is 2.94. The number of nitrogens with one attached hydrogen (secondary N) is 1. The number of hydrogen-bond acceptors (Lipinski definition) is 3. The summed E-state index contributed by atoms with van der Waals surface area (Å²) >= 11 is 0. The van der Waals surface area contributed by atoms with Gasteiger partial charge in [0.05, 0.1) is 12.8 Å². The van der Waals surface area contributed by atoms with Gasteiger partial charge in [-0.05, 0) is 41.3 Å². The van der Waals surface area contributed by atoms with E-state index in [2.05, 4.69) is 57.9 Å². The molecule has 1 aromatic rings. The van der Waals surface area contributed by atoms with Crippen LogP contribution < -0.4 is 10.1 Å². The molecule has 1 atom stereocenters. The topological polar surface area (TPSA) is 34.1 Å². The fourth-order valence-electron chi connectivity index (χ4n) is 3.63. The molecule has 118 valence electrons. The van der Waals surface area contributed by atoms with Gasteiger partial charge in [0.25, 0.3) is 0 Å². The van der Waals surface area contributed by atoms with Crippen LogP contribution >= 0.6 is 0 Å². The van der Waals surface area contributed by atoms with E-state index in [0.29, 0.717) is 22.8 Å². The molecule has 0 aromatic carbocycles. The second-order valence-corrected chi connectivity index (χ2v) is 7.26. The van der Waals surface area contributed by atoms with Crippen molar-refractivity contribution < 1.29 is 4.74 Å². The van der Waals surface area contributed by atoms with E-state index in [4.69, 9.17) is 4.74 Å². The fourth-order valence-corrected chi connectivity index (χ4v) is 3.63. The summed E-state index contributed by atoms with van der Waals surface area (Å²) in [7, 11) is 0. The molecular weight excluding hydrogens is 260 g/mol. The summed E-state index contributed by atoms with van der Waals surface area (Å²) in [6.45, 7) is 15.5. The summed E-state index contributed by atoms with van der Waals surface area (Å²) in [5.41, 5.74) is 1.94. The number of rotatable bonds is 7. The molecule has 1 fully saturated rings. The van der Waals surface area contributed by atoms with E-state index < -0.39 is 0 Å². The van der Waals surface area contributed by atoms with Crippen molar-refractivity contribution in [3.05, 3.63) is 24.0 Å². The van der Waals surface area contributed by atoms with E-state index in [0.717, 1.165) is 25.3 Å². The van der Waals surface area contributed by atoms with Crippen molar-refractivity contribution in [1.29, 1.82) is 0 Å². The Labute approximate surface area is 129 Å². The van der Waals surface area contributed by atoms with E-state index in [1.165, 1.54) is 5.56 Å². The Morgan fingerprint density at radius 3 is 2.38 bits per heavy atom. The first-order valence-corrected chi connectivity index (χ1v) is 8.17. The van der Waals surface area contributed by atoms with Crippen LogP contribution in [0.15, 0.2) is 18.5 Å². The quantitative estimate of drug-likeness (QED) is 0.817. The molecule has 0 radical (unpaired) electrons. The Kier molecular flexibility index (Phi) is 4.62. The molecule has 0 bridgehead atoms. The van der Waals surface area contributed by atoms with E-state index in [9.17, 15) is 0 Å². The van der Waals surface area contributed by atoms with Gasteiger partial charge in [-0.1, -0.05) is 41.5 Å². The molecule has 0 aliphatic heterocycles. The Balaban J connectivity index is 2.23. The lowest BCUT2D eigenvalue weighted by molar-refractivity contribution is 0.314. The smallest absolute Gasteiger partial charge is 0.137 e. The van der Waals surface area contributed by atoms with Gasteiger partial charge in [-0.3, -0.25) is 4.98 Å². The molecule has 1 N–H and O–H groups in total. The number of nitrogens with zero attached hydrogens (tertiary/aromatic N) is 1. The minimum Gasteiger partial charge on any atom is -0.492 e. The second kappa shape index (κ2) is 5.96. The average Bonchev–Trinajstić information content (AvgIpc) is 2.84. The predicted octanol–water partition coefficient (Wildman–Crippen LogP) is 4.20. The summed E-state index contributed by atoms with van der Waals surface area (Å²) < 4.78 is 5.74. The number of ether oxygens (including phenoxy) is 1. The molecule has 3 heteroatoms. The molecular formula is C18H30N2O. The van der Waals surface area contributed by atoms with E-state index in [1.54, 1.807) is 0 Å². The average molecular weight is 290 g/mol. The zero-order valence-electron chi connectivity index (χ0n) is 14.4. The highest BCUT2D eigenvalue weighted by molar-refractivity contribution is 5.30. The lowest BCUT2D eigenvalue weighted by Crippen LogP contribution is -2.25. The summed E-state index contributed by atoms with van der Waals surface area (Å²) in [5, 5.41) is 3.66. The Bertz CT molecular complexity index is 468. The fraction of sp³-hybridized carbons (Fsp3) is 0.722. The monoisotopic (exact) mass is 290 g/mol. The summed E-state index contributed by atoms with van der Waals surface area (Å²) in [4.78, 5) is 4.38. The van der Waals surface area contributed by atoms with Gasteiger partial charge in [-0.2, -0.15) is 0 Å². The molecule has 1 heterocycles. The van der Waals surface area contributed by atoms with Gasteiger partial charge in [0.15, 0.2) is 0 Å². The van der Waals surface area contributed by atoms with Crippen molar-refractivity contribution in [3.63, 3.8) is 0 Å². The van der Waals surface area contributed by atoms with Gasteiger partial charge in [0.2, 0.25) is 0 Å². The van der Waals surface area contributed by atoms with E-state index in [1.807, 2.05) is 12.4 Å². The minimum atomic E-state index is 0.345. The van der Waals surface area contributed by atoms with Crippen molar-refractivity contribution in [2.75, 3.05) is 13.2 Å². The molecule has 1 aliphatic rings. The van der Waals surface area contributed by atoms with Crippen LogP contribution in [0.5, 0.6) is 5.75 Å². The molecule has 0 amide bonds. The van der Waals surface area contributed by atoms with Crippen molar-refractivity contribution in [2.24, 2.45) is 16.7 Å². The van der Waals surface area contributed by atoms with Crippen molar-refractivity contribution >= 4 is 0 Å². The SMILES string of the molecule is CCCOc1cncc(C(NCC)C2C(C)(C)C2(C)C)c1. The maximum absolute atomic E-state index is 5.74. The molecule has 21 heavy (non-hydrogen) atoms. The molecule has 1 saturated carbocycles. The van der Waals surface area contributed by atoms with Crippen LogP contribution in [0.4, 0.5) is 0 Å². The second-order valence-electron chi connectivity index (χ2n) is 7.26. The summed E-state index contributed by atoms with van der Waals surface area (Å²) in [6, 6.07) is 2.50. The normalized spacial score (nSPS) is 21.0. The maximum Gasteiger partial charge on any atom is 0.137 e. The lowest BCUT2D eigenvalue weighted by atomic mass is 9.97. The first-order chi connectivity index (χ1) is 9.86. The molecule has 2 rings (SSSR count). The largest absolute Gasteiger partial charge is 0.492 e. The van der Waals surface area contributed by atoms with Crippen LogP contribution in [0.2, 0.25) is 0 Å². The van der Waals surface area contributed by atoms with Gasteiger partial charge in [0, 0.05) is 12.2 Å². The first-order valence-electron chi connectivity index (χ1n) is 8.17. The van der Waals surface area contributed by atoms with Gasteiger partial charge in [0.1, 0.15) is 5.75 Å². The van der Waals surface area contributed by atoms with Crippen LogP contribution in [0, 0.1) is 16.7 Å². The highest BCUT2D eigenvalue weighted by atomic mass is 16.5. The van der Waals surface area contributed by atoms with Gasteiger partial charge < -0.3 is 10.1 Å². The highest BCUT2D eigenvalue weighted by Gasteiger charge is 2.67. The maximum atomic E-state index is 5.74. The summed E-state index contributed by atoms with van der Waals surface area (Å²) in [6.07, 6.45) is 4.81. The van der Waals surface area contributed by atoms with Gasteiger partial charge >= 0.3 is 0 Å². The molecule has 0 spiro atoms. The molecule has 1 aliphatic carbocycles. The molecule has 1 unspecified atom stereocenters. The van der Waals surface area contributed by atoms with E-state index >= 15 is 0 Å². The van der Waals surface area contributed by atoms with Crippen LogP contribution in [-0.2, 0) is 0 Å². The molecule has 3 nitrogen and oxygen atoms in total. The van der Waals surface area contributed by atoms with Crippen LogP contribution in [0.25, 0.3) is 0 Å². The van der Waals surface area contributed by atoms with Crippen molar-refractivity contribution in [2.45, 2.75) is 54.0 Å². The van der Waals surface area contributed by atoms with Gasteiger partial charge in [-0.25, -0.2) is 0 Å². The standard InChI is InChI=1S/C18H30N2O/c1-7-9-21-14-10-13(11-19-12-14)15(20-8-2)16-17(3,4)18(16,5)6/h10-12,15-16,20H,7-9H2,1-6H3. The van der Waals surface area contributed by atoms with Crippen LogP contribution in [0.3, 0.4) is 0 Å². The highest BCUT2D eigenvalue weighted by Crippen LogP contribution is 2.72. The minimum absolute atomic E-state index is 0.345. The molecule has 1 aromatic heterocycles. The lowest BCUT2D eigenvalue weighted by Gasteiger charge is -2.21. The third-order valence-corrected chi connectivity index (χ3v) is 5.46. The van der Waals surface area contributed by atoms with Crippen molar-refractivity contribution in [3.8, 4) is 5.75 Å². The number of pyridine rings is 1. The first kappa shape index (κ1) is 16.3. The Morgan fingerprint density at radius 1 is 1.19 bits per heavy atom. The van der Waals surface area contributed by atoms with Crippen molar-refractivity contribution in [1.82, 2.24) is 10.3 Å². The van der Waals surface area contributed by atoms with Gasteiger partial charge in [-0.15, -0.1) is 0 Å². The molecule has 0 saturated heterocycles. The van der Waals surface area contributed by atoms with E-state index in [-0.39, 0.29) is 0 Å². The zero-order valence-corrected chi connectivity index (χ0v) is 14.4. The van der Waals surface area contributed by atoms with Crippen LogP contribution in [0.1, 0.15) is 59.6 Å². The Hall–Kier alpha value is -1.09. The third-order valence-electron chi connectivity index (χ3n) is 5.46. The zero-order chi connectivity index (χ0) is 15.7.